The first-order chi connectivity index (χ1) is 8.82. The Morgan fingerprint density at radius 2 is 1.89 bits per heavy atom. The van der Waals surface area contributed by atoms with Crippen molar-refractivity contribution in [2.45, 2.75) is 20.8 Å². The number of hydrogen-bond acceptors (Lipinski definition) is 6. The van der Waals surface area contributed by atoms with Gasteiger partial charge in [-0.25, -0.2) is 9.67 Å². The van der Waals surface area contributed by atoms with Crippen LogP contribution in [0.25, 0.3) is 5.82 Å². The SMILES string of the molecule is Cc1nn(-c2nc(N)nc(C)c2[N+](=O)[O-])c(C)c1Br. The quantitative estimate of drug-likeness (QED) is 0.665. The summed E-state index contributed by atoms with van der Waals surface area (Å²) in [4.78, 5) is 18.4. The van der Waals surface area contributed by atoms with Crippen molar-refractivity contribution >= 4 is 27.6 Å². The second-order valence-corrected chi connectivity index (χ2v) is 4.79. The Labute approximate surface area is 116 Å². The molecule has 2 aromatic heterocycles. The van der Waals surface area contributed by atoms with Crippen molar-refractivity contribution in [3.8, 4) is 5.82 Å². The van der Waals surface area contributed by atoms with Crippen LogP contribution in [0.3, 0.4) is 0 Å². The third-order valence-corrected chi connectivity index (χ3v) is 3.79. The minimum absolute atomic E-state index is 0.0261. The molecular formula is C10H11BrN6O2. The normalized spacial score (nSPS) is 10.7. The molecule has 2 aromatic rings. The second-order valence-electron chi connectivity index (χ2n) is 3.99. The van der Waals surface area contributed by atoms with E-state index in [1.807, 2.05) is 0 Å². The van der Waals surface area contributed by atoms with Crippen LogP contribution in [0.1, 0.15) is 17.1 Å². The van der Waals surface area contributed by atoms with E-state index in [1.54, 1.807) is 13.8 Å². The zero-order chi connectivity index (χ0) is 14.3. The van der Waals surface area contributed by atoms with Crippen LogP contribution in [-0.4, -0.2) is 24.7 Å². The zero-order valence-electron chi connectivity index (χ0n) is 10.5. The second kappa shape index (κ2) is 4.57. The molecule has 2 heterocycles. The highest BCUT2D eigenvalue weighted by Gasteiger charge is 2.25. The summed E-state index contributed by atoms with van der Waals surface area (Å²) < 4.78 is 2.17. The van der Waals surface area contributed by atoms with E-state index in [1.165, 1.54) is 11.6 Å². The van der Waals surface area contributed by atoms with E-state index >= 15 is 0 Å². The summed E-state index contributed by atoms with van der Waals surface area (Å²) in [5, 5.41) is 15.4. The van der Waals surface area contributed by atoms with Crippen molar-refractivity contribution in [1.82, 2.24) is 19.7 Å². The smallest absolute Gasteiger partial charge is 0.334 e. The van der Waals surface area contributed by atoms with Gasteiger partial charge in [0, 0.05) is 0 Å². The lowest BCUT2D eigenvalue weighted by molar-refractivity contribution is -0.385. The number of nitrogen functional groups attached to an aromatic ring is 1. The molecule has 0 spiro atoms. The molecule has 0 unspecified atom stereocenters. The monoisotopic (exact) mass is 326 g/mol. The van der Waals surface area contributed by atoms with Gasteiger partial charge in [-0.3, -0.25) is 10.1 Å². The van der Waals surface area contributed by atoms with Gasteiger partial charge in [0.25, 0.3) is 0 Å². The molecule has 0 aromatic carbocycles. The molecule has 0 radical (unpaired) electrons. The molecule has 2 N–H and O–H groups in total. The first-order valence-electron chi connectivity index (χ1n) is 5.33. The third-order valence-electron chi connectivity index (χ3n) is 2.64. The predicted molar refractivity (Wildman–Crippen MR) is 72.1 cm³/mol. The average Bonchev–Trinajstić information content (AvgIpc) is 2.55. The van der Waals surface area contributed by atoms with Gasteiger partial charge in [0.05, 0.1) is 20.8 Å². The first-order valence-corrected chi connectivity index (χ1v) is 6.12. The molecule has 19 heavy (non-hydrogen) atoms. The molecule has 8 nitrogen and oxygen atoms in total. The lowest BCUT2D eigenvalue weighted by Crippen LogP contribution is -2.11. The van der Waals surface area contributed by atoms with Crippen LogP contribution >= 0.6 is 15.9 Å². The summed E-state index contributed by atoms with van der Waals surface area (Å²) in [6.45, 7) is 5.08. The summed E-state index contributed by atoms with van der Waals surface area (Å²) in [7, 11) is 0. The van der Waals surface area contributed by atoms with E-state index in [-0.39, 0.29) is 23.1 Å². The van der Waals surface area contributed by atoms with Crippen LogP contribution in [-0.2, 0) is 0 Å². The van der Waals surface area contributed by atoms with Gasteiger partial charge in [-0.2, -0.15) is 10.1 Å². The fraction of sp³-hybridized carbons (Fsp3) is 0.300. The molecular weight excluding hydrogens is 316 g/mol. The van der Waals surface area contributed by atoms with E-state index in [2.05, 4.69) is 31.0 Å². The number of hydrogen-bond donors (Lipinski definition) is 1. The molecule has 0 amide bonds. The van der Waals surface area contributed by atoms with Gasteiger partial charge in [-0.1, -0.05) is 0 Å². The van der Waals surface area contributed by atoms with Gasteiger partial charge in [0.1, 0.15) is 5.69 Å². The highest BCUT2D eigenvalue weighted by Crippen LogP contribution is 2.28. The molecule has 9 heteroatoms. The van der Waals surface area contributed by atoms with E-state index in [9.17, 15) is 10.1 Å². The molecule has 0 aliphatic heterocycles. The lowest BCUT2D eigenvalue weighted by Gasteiger charge is -2.06. The Morgan fingerprint density at radius 3 is 2.37 bits per heavy atom. The van der Waals surface area contributed by atoms with Gasteiger partial charge < -0.3 is 5.73 Å². The summed E-state index contributed by atoms with van der Waals surface area (Å²) in [6, 6.07) is 0. The van der Waals surface area contributed by atoms with Crippen LogP contribution in [0.4, 0.5) is 11.6 Å². The van der Waals surface area contributed by atoms with E-state index in [0.29, 0.717) is 11.4 Å². The fourth-order valence-electron chi connectivity index (χ4n) is 1.76. The maximum Gasteiger partial charge on any atom is 0.334 e. The Hall–Kier alpha value is -2.03. The topological polar surface area (TPSA) is 113 Å². The van der Waals surface area contributed by atoms with Crippen LogP contribution in [0.5, 0.6) is 0 Å². The van der Waals surface area contributed by atoms with Crippen molar-refractivity contribution in [2.24, 2.45) is 0 Å². The Kier molecular flexibility index (Phi) is 3.23. The summed E-state index contributed by atoms with van der Waals surface area (Å²) in [5.74, 6) is 0.0445. The molecule has 0 saturated heterocycles. The highest BCUT2D eigenvalue weighted by atomic mass is 79.9. The van der Waals surface area contributed by atoms with Gasteiger partial charge >= 0.3 is 5.69 Å². The van der Waals surface area contributed by atoms with Gasteiger partial charge in [0.15, 0.2) is 0 Å². The van der Waals surface area contributed by atoms with Crippen molar-refractivity contribution in [2.75, 3.05) is 5.73 Å². The number of anilines is 1. The number of nitro groups is 1. The Bertz CT molecular complexity index is 681. The van der Waals surface area contributed by atoms with Crippen LogP contribution in [0.2, 0.25) is 0 Å². The number of rotatable bonds is 2. The number of nitrogens with zero attached hydrogens (tertiary/aromatic N) is 5. The van der Waals surface area contributed by atoms with E-state index in [4.69, 9.17) is 5.73 Å². The zero-order valence-corrected chi connectivity index (χ0v) is 12.1. The number of halogens is 1. The maximum atomic E-state index is 11.2. The molecule has 0 aliphatic rings. The number of aryl methyl sites for hydroxylation is 2. The van der Waals surface area contributed by atoms with Gasteiger partial charge in [-0.05, 0) is 36.7 Å². The highest BCUT2D eigenvalue weighted by molar-refractivity contribution is 9.10. The average molecular weight is 327 g/mol. The summed E-state index contributed by atoms with van der Waals surface area (Å²) in [5.41, 5.74) is 6.98. The van der Waals surface area contributed by atoms with Crippen LogP contribution in [0.15, 0.2) is 4.47 Å². The lowest BCUT2D eigenvalue weighted by atomic mass is 10.3. The molecule has 0 bridgehead atoms. The first kappa shape index (κ1) is 13.4. The predicted octanol–water partition coefficient (Wildman–Crippen LogP) is 1.84. The number of nitrogens with two attached hydrogens (primary N) is 1. The number of aromatic nitrogens is 4. The summed E-state index contributed by atoms with van der Waals surface area (Å²) >= 11 is 3.37. The minimum Gasteiger partial charge on any atom is -0.368 e. The van der Waals surface area contributed by atoms with E-state index < -0.39 is 4.92 Å². The van der Waals surface area contributed by atoms with Crippen molar-refractivity contribution in [3.63, 3.8) is 0 Å². The molecule has 0 saturated carbocycles. The van der Waals surface area contributed by atoms with Crippen molar-refractivity contribution in [3.05, 3.63) is 31.7 Å². The van der Waals surface area contributed by atoms with Gasteiger partial charge in [-0.15, -0.1) is 0 Å². The van der Waals surface area contributed by atoms with Gasteiger partial charge in [0.2, 0.25) is 11.8 Å². The standard InChI is InChI=1S/C10H11BrN6O2/c1-4-7(11)6(3)16(15-4)9-8(17(18)19)5(2)13-10(12)14-9/h1-3H3,(H2,12,13,14). The Morgan fingerprint density at radius 1 is 1.26 bits per heavy atom. The maximum absolute atomic E-state index is 11.2. The molecule has 100 valence electrons. The largest absolute Gasteiger partial charge is 0.368 e. The Balaban J connectivity index is 2.81. The van der Waals surface area contributed by atoms with Crippen molar-refractivity contribution < 1.29 is 4.92 Å². The molecule has 0 fully saturated rings. The molecule has 0 atom stereocenters. The van der Waals surface area contributed by atoms with E-state index in [0.717, 1.165) is 4.47 Å². The molecule has 2 rings (SSSR count). The van der Waals surface area contributed by atoms with Crippen molar-refractivity contribution in [1.29, 1.82) is 0 Å². The summed E-state index contributed by atoms with van der Waals surface area (Å²) in [6.07, 6.45) is 0. The third kappa shape index (κ3) is 2.16. The molecule has 0 aliphatic carbocycles. The van der Waals surface area contributed by atoms with Crippen LogP contribution in [0, 0.1) is 30.9 Å². The van der Waals surface area contributed by atoms with Crippen LogP contribution < -0.4 is 5.73 Å². The fourth-order valence-corrected chi connectivity index (χ4v) is 2.01. The minimum atomic E-state index is -0.533.